The summed E-state index contributed by atoms with van der Waals surface area (Å²) < 4.78 is 0. The Morgan fingerprint density at radius 3 is 2.80 bits per heavy atom. The fourth-order valence-corrected chi connectivity index (χ4v) is 1.50. The maximum Gasteiger partial charge on any atom is 0.0711 e. The van der Waals surface area contributed by atoms with Crippen LogP contribution in [-0.2, 0) is 0 Å². The summed E-state index contributed by atoms with van der Waals surface area (Å²) in [5.41, 5.74) is 3.10. The van der Waals surface area contributed by atoms with Gasteiger partial charge in [0.15, 0.2) is 0 Å². The lowest BCUT2D eigenvalue weighted by Gasteiger charge is -1.99. The molecule has 1 aromatic carbocycles. The molecule has 1 heterocycles. The van der Waals surface area contributed by atoms with Gasteiger partial charge in [-0.05, 0) is 30.7 Å². The first-order valence-electron chi connectivity index (χ1n) is 4.84. The van der Waals surface area contributed by atoms with Crippen LogP contribution in [0.15, 0.2) is 36.4 Å². The third-order valence-electron chi connectivity index (χ3n) is 2.24. The molecule has 0 bridgehead atoms. The highest BCUT2D eigenvalue weighted by Gasteiger charge is 1.95. The summed E-state index contributed by atoms with van der Waals surface area (Å²) in [6.45, 7) is 1.99. The molecule has 2 aromatic rings. The van der Waals surface area contributed by atoms with Gasteiger partial charge in [-0.3, -0.25) is 4.98 Å². The smallest absolute Gasteiger partial charge is 0.0711 e. The van der Waals surface area contributed by atoms with Crippen LogP contribution in [0.3, 0.4) is 0 Å². The summed E-state index contributed by atoms with van der Waals surface area (Å²) >= 11 is 0. The van der Waals surface area contributed by atoms with Crippen molar-refractivity contribution in [2.24, 2.45) is 0 Å². The normalized spacial score (nSPS) is 11.0. The molecule has 15 heavy (non-hydrogen) atoms. The molecule has 0 aliphatic heterocycles. The molecule has 0 radical (unpaired) electrons. The highest BCUT2D eigenvalue weighted by Crippen LogP contribution is 2.15. The maximum atomic E-state index is 6.92. The second-order valence-corrected chi connectivity index (χ2v) is 3.43. The molecule has 0 saturated heterocycles. The van der Waals surface area contributed by atoms with Gasteiger partial charge >= 0.3 is 0 Å². The SMILES string of the molecule is Cc1ccc2ccc(/C=C\C=N)cc2n1. The van der Waals surface area contributed by atoms with Crippen molar-refractivity contribution in [1.82, 2.24) is 4.98 Å². The van der Waals surface area contributed by atoms with Gasteiger partial charge < -0.3 is 5.41 Å². The van der Waals surface area contributed by atoms with Gasteiger partial charge in [0.2, 0.25) is 0 Å². The van der Waals surface area contributed by atoms with E-state index in [2.05, 4.69) is 11.1 Å². The van der Waals surface area contributed by atoms with Crippen LogP contribution >= 0.6 is 0 Å². The molecule has 1 aromatic heterocycles. The zero-order valence-electron chi connectivity index (χ0n) is 8.57. The predicted octanol–water partition coefficient (Wildman–Crippen LogP) is 3.21. The van der Waals surface area contributed by atoms with Crippen molar-refractivity contribution in [1.29, 1.82) is 5.41 Å². The number of nitrogens with zero attached hydrogens (tertiary/aromatic N) is 1. The van der Waals surface area contributed by atoms with E-state index >= 15 is 0 Å². The Hall–Kier alpha value is -1.96. The molecule has 0 aliphatic rings. The number of aromatic nitrogens is 1. The first-order valence-corrected chi connectivity index (χ1v) is 4.84. The minimum atomic E-state index is 1.00. The molecule has 2 heteroatoms. The van der Waals surface area contributed by atoms with Gasteiger partial charge in [-0.1, -0.05) is 24.3 Å². The third-order valence-corrected chi connectivity index (χ3v) is 2.24. The summed E-state index contributed by atoms with van der Waals surface area (Å²) in [6.07, 6.45) is 4.88. The van der Waals surface area contributed by atoms with Gasteiger partial charge in [0.1, 0.15) is 0 Å². The predicted molar refractivity (Wildman–Crippen MR) is 64.3 cm³/mol. The Balaban J connectivity index is 2.54. The molecule has 0 spiro atoms. The van der Waals surface area contributed by atoms with E-state index in [4.69, 9.17) is 5.41 Å². The Labute approximate surface area is 88.8 Å². The lowest BCUT2D eigenvalue weighted by molar-refractivity contribution is 1.25. The molecular weight excluding hydrogens is 184 g/mol. The minimum absolute atomic E-state index is 1.00. The first kappa shape index (κ1) is 9.59. The maximum absolute atomic E-state index is 6.92. The standard InChI is InChI=1S/C13H12N2/c1-10-4-6-12-7-5-11(3-2-8-14)9-13(12)15-10/h2-9,14H,1H3/b3-2-,14-8?. The molecule has 0 amide bonds. The van der Waals surface area contributed by atoms with Crippen LogP contribution < -0.4 is 0 Å². The molecule has 2 nitrogen and oxygen atoms in total. The van der Waals surface area contributed by atoms with E-state index in [0.29, 0.717) is 0 Å². The van der Waals surface area contributed by atoms with E-state index in [9.17, 15) is 0 Å². The number of nitrogens with one attached hydrogen (secondary N) is 1. The number of allylic oxidation sites excluding steroid dienone is 1. The number of rotatable bonds is 2. The fourth-order valence-electron chi connectivity index (χ4n) is 1.50. The second kappa shape index (κ2) is 4.05. The molecule has 2 rings (SSSR count). The van der Waals surface area contributed by atoms with Crippen molar-refractivity contribution in [3.8, 4) is 0 Å². The molecule has 74 valence electrons. The van der Waals surface area contributed by atoms with Gasteiger partial charge in [0, 0.05) is 17.3 Å². The second-order valence-electron chi connectivity index (χ2n) is 3.43. The van der Waals surface area contributed by atoms with E-state index in [1.54, 1.807) is 6.08 Å². The molecule has 1 N–H and O–H groups in total. The topological polar surface area (TPSA) is 36.7 Å². The highest BCUT2D eigenvalue weighted by molar-refractivity contribution is 5.83. The number of hydrogen-bond acceptors (Lipinski definition) is 2. The summed E-state index contributed by atoms with van der Waals surface area (Å²) in [4.78, 5) is 4.45. The minimum Gasteiger partial charge on any atom is -0.309 e. The molecule has 0 saturated carbocycles. The molecule has 0 unspecified atom stereocenters. The van der Waals surface area contributed by atoms with Crippen molar-refractivity contribution in [3.05, 3.63) is 47.7 Å². The molecule has 0 fully saturated rings. The van der Waals surface area contributed by atoms with Crippen LogP contribution in [-0.4, -0.2) is 11.2 Å². The largest absolute Gasteiger partial charge is 0.309 e. The van der Waals surface area contributed by atoms with E-state index < -0.39 is 0 Å². The van der Waals surface area contributed by atoms with E-state index in [1.165, 1.54) is 6.21 Å². The van der Waals surface area contributed by atoms with Crippen molar-refractivity contribution >= 4 is 23.2 Å². The zero-order valence-corrected chi connectivity index (χ0v) is 8.57. The monoisotopic (exact) mass is 196 g/mol. The van der Waals surface area contributed by atoms with Crippen LogP contribution in [0.1, 0.15) is 11.3 Å². The van der Waals surface area contributed by atoms with Crippen molar-refractivity contribution in [3.63, 3.8) is 0 Å². The summed E-state index contributed by atoms with van der Waals surface area (Å²) in [6, 6.07) is 10.2. The van der Waals surface area contributed by atoms with Crippen molar-refractivity contribution < 1.29 is 0 Å². The summed E-state index contributed by atoms with van der Waals surface area (Å²) in [5.74, 6) is 0. The Morgan fingerprint density at radius 2 is 2.00 bits per heavy atom. The third kappa shape index (κ3) is 2.10. The Kier molecular flexibility index (Phi) is 2.59. The average Bonchev–Trinajstić information content (AvgIpc) is 2.25. The van der Waals surface area contributed by atoms with E-state index in [0.717, 1.165) is 22.2 Å². The Bertz CT molecular complexity index is 527. The molecule has 0 atom stereocenters. The average molecular weight is 196 g/mol. The Morgan fingerprint density at radius 1 is 1.20 bits per heavy atom. The number of benzene rings is 1. The highest BCUT2D eigenvalue weighted by atomic mass is 14.7. The lowest BCUT2D eigenvalue weighted by atomic mass is 10.1. The van der Waals surface area contributed by atoms with Crippen molar-refractivity contribution in [2.45, 2.75) is 6.92 Å². The van der Waals surface area contributed by atoms with Gasteiger partial charge in [0.25, 0.3) is 0 Å². The summed E-state index contributed by atoms with van der Waals surface area (Å²) in [5, 5.41) is 8.07. The van der Waals surface area contributed by atoms with E-state index in [-0.39, 0.29) is 0 Å². The van der Waals surface area contributed by atoms with Crippen LogP contribution in [0.25, 0.3) is 17.0 Å². The van der Waals surface area contributed by atoms with Gasteiger partial charge in [-0.15, -0.1) is 0 Å². The zero-order chi connectivity index (χ0) is 10.7. The number of aryl methyl sites for hydroxylation is 1. The van der Waals surface area contributed by atoms with Crippen LogP contribution in [0.2, 0.25) is 0 Å². The van der Waals surface area contributed by atoms with E-state index in [1.807, 2.05) is 37.3 Å². The number of pyridine rings is 1. The van der Waals surface area contributed by atoms with Crippen LogP contribution in [0.4, 0.5) is 0 Å². The molecule has 0 aliphatic carbocycles. The first-order chi connectivity index (χ1) is 7.29. The van der Waals surface area contributed by atoms with Crippen LogP contribution in [0, 0.1) is 12.3 Å². The lowest BCUT2D eigenvalue weighted by Crippen LogP contribution is -1.83. The van der Waals surface area contributed by atoms with Gasteiger partial charge in [0.05, 0.1) is 5.52 Å². The molecular formula is C13H12N2. The van der Waals surface area contributed by atoms with Gasteiger partial charge in [-0.25, -0.2) is 0 Å². The summed E-state index contributed by atoms with van der Waals surface area (Å²) in [7, 11) is 0. The number of hydrogen-bond donors (Lipinski definition) is 1. The van der Waals surface area contributed by atoms with Crippen molar-refractivity contribution in [2.75, 3.05) is 0 Å². The van der Waals surface area contributed by atoms with Crippen LogP contribution in [0.5, 0.6) is 0 Å². The van der Waals surface area contributed by atoms with Gasteiger partial charge in [-0.2, -0.15) is 0 Å². The fraction of sp³-hybridized carbons (Fsp3) is 0.0769. The quantitative estimate of drug-likeness (QED) is 0.736. The number of fused-ring (bicyclic) bond motifs is 1.